The van der Waals surface area contributed by atoms with Gasteiger partial charge in [0.25, 0.3) is 5.91 Å². The summed E-state index contributed by atoms with van der Waals surface area (Å²) in [5.41, 5.74) is -0.420. The van der Waals surface area contributed by atoms with Crippen LogP contribution in [0.3, 0.4) is 0 Å². The lowest BCUT2D eigenvalue weighted by molar-refractivity contribution is -0.123. The number of nitrogens with one attached hydrogen (secondary N) is 2. The molecule has 3 aliphatic rings. The lowest BCUT2D eigenvalue weighted by Crippen LogP contribution is -2.49. The van der Waals surface area contributed by atoms with Crippen molar-refractivity contribution < 1.29 is 4.79 Å². The standard InChI is InChI=1S/C11H18N4O/c1-7-5-11(6-15(7)8-3-4-8)9(16)13-10(12-2)14-11/h7-8H,3-6H2,1-2H3,(H2,12,13,14,16). The summed E-state index contributed by atoms with van der Waals surface area (Å²) >= 11 is 0. The Morgan fingerprint density at radius 1 is 1.50 bits per heavy atom. The molecule has 5 heteroatoms. The van der Waals surface area contributed by atoms with Gasteiger partial charge in [0.2, 0.25) is 0 Å². The van der Waals surface area contributed by atoms with Crippen LogP contribution in [0.5, 0.6) is 0 Å². The largest absolute Gasteiger partial charge is 0.341 e. The molecule has 0 radical (unpaired) electrons. The number of hydrogen-bond donors (Lipinski definition) is 2. The lowest BCUT2D eigenvalue weighted by atomic mass is 9.97. The second kappa shape index (κ2) is 3.20. The molecule has 2 saturated heterocycles. The fourth-order valence-electron chi connectivity index (χ4n) is 2.96. The Labute approximate surface area is 95.3 Å². The van der Waals surface area contributed by atoms with Gasteiger partial charge in [-0.3, -0.25) is 20.0 Å². The van der Waals surface area contributed by atoms with Gasteiger partial charge in [0.05, 0.1) is 0 Å². The van der Waals surface area contributed by atoms with E-state index in [1.165, 1.54) is 12.8 Å². The maximum Gasteiger partial charge on any atom is 0.253 e. The molecule has 3 fully saturated rings. The number of amides is 1. The van der Waals surface area contributed by atoms with E-state index < -0.39 is 5.54 Å². The van der Waals surface area contributed by atoms with Gasteiger partial charge >= 0.3 is 0 Å². The second-order valence-electron chi connectivity index (χ2n) is 5.19. The van der Waals surface area contributed by atoms with Crippen molar-refractivity contribution in [1.29, 1.82) is 0 Å². The summed E-state index contributed by atoms with van der Waals surface area (Å²) in [6.45, 7) is 3.03. The van der Waals surface area contributed by atoms with Crippen LogP contribution >= 0.6 is 0 Å². The number of aliphatic imine (C=N–C) groups is 1. The van der Waals surface area contributed by atoms with Crippen molar-refractivity contribution >= 4 is 11.9 Å². The van der Waals surface area contributed by atoms with Gasteiger partial charge in [0.1, 0.15) is 5.54 Å². The van der Waals surface area contributed by atoms with Crippen LogP contribution in [0.1, 0.15) is 26.2 Å². The molecular formula is C11H18N4O. The quantitative estimate of drug-likeness (QED) is 0.640. The highest BCUT2D eigenvalue weighted by Gasteiger charge is 2.54. The first-order valence-electron chi connectivity index (χ1n) is 5.97. The van der Waals surface area contributed by atoms with Gasteiger partial charge in [-0.25, -0.2) is 0 Å². The van der Waals surface area contributed by atoms with Crippen LogP contribution in [0, 0.1) is 0 Å². The van der Waals surface area contributed by atoms with Crippen LogP contribution in [0.2, 0.25) is 0 Å². The van der Waals surface area contributed by atoms with Gasteiger partial charge in [0.15, 0.2) is 5.96 Å². The molecule has 16 heavy (non-hydrogen) atoms. The number of likely N-dealkylation sites (tertiary alicyclic amines) is 1. The smallest absolute Gasteiger partial charge is 0.253 e. The van der Waals surface area contributed by atoms with Crippen LogP contribution in [0.4, 0.5) is 0 Å². The Hall–Kier alpha value is -1.10. The maximum atomic E-state index is 12.0. The molecule has 1 amide bonds. The molecule has 2 heterocycles. The second-order valence-corrected chi connectivity index (χ2v) is 5.19. The van der Waals surface area contributed by atoms with Gasteiger partial charge in [0, 0.05) is 25.7 Å². The summed E-state index contributed by atoms with van der Waals surface area (Å²) in [7, 11) is 1.69. The fraction of sp³-hybridized carbons (Fsp3) is 0.818. The number of hydrogen-bond acceptors (Lipinski definition) is 3. The van der Waals surface area contributed by atoms with Gasteiger partial charge in [-0.15, -0.1) is 0 Å². The van der Waals surface area contributed by atoms with E-state index in [1.807, 2.05) is 0 Å². The topological polar surface area (TPSA) is 56.7 Å². The van der Waals surface area contributed by atoms with Gasteiger partial charge < -0.3 is 5.32 Å². The van der Waals surface area contributed by atoms with Crippen molar-refractivity contribution in [3.8, 4) is 0 Å². The third-order valence-corrected chi connectivity index (χ3v) is 3.93. The highest BCUT2D eigenvalue weighted by molar-refractivity contribution is 6.09. The maximum absolute atomic E-state index is 12.0. The molecule has 1 spiro atoms. The Kier molecular flexibility index (Phi) is 2.01. The molecule has 2 aliphatic heterocycles. The Morgan fingerprint density at radius 2 is 2.25 bits per heavy atom. The summed E-state index contributed by atoms with van der Waals surface area (Å²) in [5.74, 6) is 0.706. The molecule has 0 aromatic carbocycles. The predicted molar refractivity (Wildman–Crippen MR) is 61.2 cm³/mol. The van der Waals surface area contributed by atoms with Crippen LogP contribution in [-0.2, 0) is 4.79 Å². The summed E-state index contributed by atoms with van der Waals surface area (Å²) < 4.78 is 0. The van der Waals surface area contributed by atoms with Crippen molar-refractivity contribution in [1.82, 2.24) is 15.5 Å². The zero-order chi connectivity index (χ0) is 11.3. The first-order chi connectivity index (χ1) is 7.64. The van der Waals surface area contributed by atoms with Crippen molar-refractivity contribution in [2.45, 2.75) is 43.8 Å². The van der Waals surface area contributed by atoms with Crippen LogP contribution in [0.25, 0.3) is 0 Å². The molecule has 0 aromatic heterocycles. The minimum absolute atomic E-state index is 0.0862. The van der Waals surface area contributed by atoms with Gasteiger partial charge in [-0.2, -0.15) is 0 Å². The average molecular weight is 222 g/mol. The molecule has 2 atom stereocenters. The van der Waals surface area contributed by atoms with E-state index >= 15 is 0 Å². The molecule has 0 aromatic rings. The van der Waals surface area contributed by atoms with E-state index in [0.29, 0.717) is 18.0 Å². The lowest BCUT2D eigenvalue weighted by Gasteiger charge is -2.21. The van der Waals surface area contributed by atoms with E-state index in [-0.39, 0.29) is 5.91 Å². The number of carbonyl (C=O) groups is 1. The van der Waals surface area contributed by atoms with Crippen LogP contribution in [-0.4, -0.2) is 48.0 Å². The summed E-state index contributed by atoms with van der Waals surface area (Å²) in [6, 6.07) is 1.20. The number of nitrogens with zero attached hydrogens (tertiary/aromatic N) is 2. The summed E-state index contributed by atoms with van der Waals surface area (Å²) in [4.78, 5) is 18.5. The monoisotopic (exact) mass is 222 g/mol. The van der Waals surface area contributed by atoms with E-state index in [2.05, 4.69) is 27.4 Å². The van der Waals surface area contributed by atoms with Crippen molar-refractivity contribution in [3.63, 3.8) is 0 Å². The average Bonchev–Trinajstić information content (AvgIpc) is 2.98. The Balaban J connectivity index is 1.82. The van der Waals surface area contributed by atoms with Crippen LogP contribution in [0.15, 0.2) is 4.99 Å². The first kappa shape index (κ1) is 10.1. The van der Waals surface area contributed by atoms with E-state index in [1.54, 1.807) is 7.05 Å². The van der Waals surface area contributed by atoms with E-state index in [0.717, 1.165) is 13.0 Å². The minimum Gasteiger partial charge on any atom is -0.341 e. The Morgan fingerprint density at radius 3 is 2.81 bits per heavy atom. The van der Waals surface area contributed by atoms with Gasteiger partial charge in [-0.05, 0) is 26.2 Å². The highest BCUT2D eigenvalue weighted by atomic mass is 16.2. The zero-order valence-electron chi connectivity index (χ0n) is 9.79. The SMILES string of the molecule is CN=C1NC(=O)C2(CC(C)N(C3CC3)C2)N1. The fourth-order valence-corrected chi connectivity index (χ4v) is 2.96. The third-order valence-electron chi connectivity index (χ3n) is 3.93. The van der Waals surface area contributed by atoms with Crippen molar-refractivity contribution in [2.24, 2.45) is 4.99 Å². The molecule has 1 saturated carbocycles. The first-order valence-corrected chi connectivity index (χ1v) is 5.97. The van der Waals surface area contributed by atoms with E-state index in [4.69, 9.17) is 0 Å². The van der Waals surface area contributed by atoms with Gasteiger partial charge in [-0.1, -0.05) is 0 Å². The molecule has 0 bridgehead atoms. The van der Waals surface area contributed by atoms with Crippen molar-refractivity contribution in [3.05, 3.63) is 0 Å². The van der Waals surface area contributed by atoms with Crippen molar-refractivity contribution in [2.75, 3.05) is 13.6 Å². The molecule has 88 valence electrons. The number of rotatable bonds is 1. The molecule has 2 unspecified atom stereocenters. The van der Waals surface area contributed by atoms with Crippen LogP contribution < -0.4 is 10.6 Å². The molecule has 3 rings (SSSR count). The highest BCUT2D eigenvalue weighted by Crippen LogP contribution is 2.38. The normalized spacial score (nSPS) is 41.8. The molecule has 5 nitrogen and oxygen atoms in total. The minimum atomic E-state index is -0.420. The van der Waals surface area contributed by atoms with E-state index in [9.17, 15) is 4.79 Å². The summed E-state index contributed by atoms with van der Waals surface area (Å²) in [5, 5.41) is 6.07. The molecule has 2 N–H and O–H groups in total. The zero-order valence-corrected chi connectivity index (χ0v) is 9.79. The Bertz CT molecular complexity index is 363. The molecule has 1 aliphatic carbocycles. The number of guanidine groups is 1. The number of carbonyl (C=O) groups excluding carboxylic acids is 1. The third kappa shape index (κ3) is 1.34. The predicted octanol–water partition coefficient (Wildman–Crippen LogP) is -0.313. The summed E-state index contributed by atoms with van der Waals surface area (Å²) in [6.07, 6.45) is 3.46. The molecular weight excluding hydrogens is 204 g/mol.